The van der Waals surface area contributed by atoms with Crippen LogP contribution in [0.5, 0.6) is 0 Å². The highest BCUT2D eigenvalue weighted by atomic mass is 16.6. The number of rotatable bonds is 4. The van der Waals surface area contributed by atoms with Crippen molar-refractivity contribution in [2.75, 3.05) is 0 Å². The first-order valence-corrected chi connectivity index (χ1v) is 9.51. The van der Waals surface area contributed by atoms with Gasteiger partial charge in [-0.2, -0.15) is 5.10 Å². The van der Waals surface area contributed by atoms with E-state index in [1.54, 1.807) is 12.4 Å². The molecule has 0 spiro atoms. The van der Waals surface area contributed by atoms with Crippen molar-refractivity contribution in [3.05, 3.63) is 100 Å². The van der Waals surface area contributed by atoms with Gasteiger partial charge in [-0.05, 0) is 29.3 Å². The van der Waals surface area contributed by atoms with Crippen molar-refractivity contribution < 1.29 is 14.1 Å². The molecule has 0 fully saturated rings. The number of hydrazone groups is 1. The predicted molar refractivity (Wildman–Crippen MR) is 111 cm³/mol. The average Bonchev–Trinajstić information content (AvgIpc) is 3.47. The molecule has 0 bridgehead atoms. The molecule has 0 aliphatic carbocycles. The van der Waals surface area contributed by atoms with E-state index in [0.29, 0.717) is 11.9 Å². The molecule has 1 aliphatic heterocycles. The lowest BCUT2D eigenvalue weighted by atomic mass is 9.98. The molecule has 2 aromatic heterocycles. The molecule has 5 rings (SSSR count). The third-order valence-corrected chi connectivity index (χ3v) is 5.09. The third-order valence-electron chi connectivity index (χ3n) is 5.09. The number of carbonyl (C=O) groups excluding carboxylic acids is 1. The van der Waals surface area contributed by atoms with Crippen LogP contribution >= 0.6 is 0 Å². The molecule has 1 aliphatic rings. The molecule has 1 unspecified atom stereocenters. The number of carbonyl (C=O) groups is 1. The molecule has 9 heteroatoms. The molecule has 0 saturated heterocycles. The highest BCUT2D eigenvalue weighted by molar-refractivity contribution is 6.04. The van der Waals surface area contributed by atoms with Crippen molar-refractivity contribution in [1.29, 1.82) is 0 Å². The zero-order valence-electron chi connectivity index (χ0n) is 16.1. The second-order valence-electron chi connectivity index (χ2n) is 6.98. The summed E-state index contributed by atoms with van der Waals surface area (Å²) in [6, 6.07) is 17.2. The summed E-state index contributed by atoms with van der Waals surface area (Å²) >= 11 is 0. The van der Waals surface area contributed by atoms with Gasteiger partial charge in [-0.3, -0.25) is 24.9 Å². The van der Waals surface area contributed by atoms with Gasteiger partial charge in [0.05, 0.1) is 28.9 Å². The summed E-state index contributed by atoms with van der Waals surface area (Å²) < 4.78 is 5.13. The van der Waals surface area contributed by atoms with E-state index in [0.717, 1.165) is 28.4 Å². The molecule has 0 saturated carbocycles. The van der Waals surface area contributed by atoms with Gasteiger partial charge < -0.3 is 4.42 Å². The number of hydrogen-bond donors (Lipinski definition) is 0. The van der Waals surface area contributed by atoms with E-state index in [-0.39, 0.29) is 5.76 Å². The summed E-state index contributed by atoms with van der Waals surface area (Å²) in [6.07, 6.45) is 3.70. The van der Waals surface area contributed by atoms with Crippen LogP contribution in [0.4, 0.5) is 5.88 Å². The van der Waals surface area contributed by atoms with Gasteiger partial charge in [0.2, 0.25) is 5.76 Å². The van der Waals surface area contributed by atoms with Crippen molar-refractivity contribution in [3.63, 3.8) is 0 Å². The maximum absolute atomic E-state index is 13.2. The van der Waals surface area contributed by atoms with Gasteiger partial charge in [-0.25, -0.2) is 5.01 Å². The first-order chi connectivity index (χ1) is 15.1. The summed E-state index contributed by atoms with van der Waals surface area (Å²) in [6.45, 7) is 0. The molecule has 2 aromatic carbocycles. The van der Waals surface area contributed by atoms with Crippen molar-refractivity contribution >= 4 is 28.5 Å². The minimum absolute atomic E-state index is 0.143. The Morgan fingerprint density at radius 2 is 1.81 bits per heavy atom. The van der Waals surface area contributed by atoms with E-state index in [4.69, 9.17) is 4.42 Å². The van der Waals surface area contributed by atoms with E-state index in [1.165, 1.54) is 11.1 Å². The standard InChI is InChI=1S/C22H15N5O4/c28-22(20-8-9-21(31-20)27(29)30)26-19(13-17(25-26)14-4-2-1-3-5-14)15-6-7-16-18(12-15)24-11-10-23-16/h1-12,19H,13H2. The van der Waals surface area contributed by atoms with Crippen LogP contribution in [0.2, 0.25) is 0 Å². The van der Waals surface area contributed by atoms with Gasteiger partial charge in [-0.1, -0.05) is 36.4 Å². The van der Waals surface area contributed by atoms with E-state index >= 15 is 0 Å². The Balaban J connectivity index is 1.56. The monoisotopic (exact) mass is 413 g/mol. The van der Waals surface area contributed by atoms with E-state index in [1.807, 2.05) is 48.5 Å². The van der Waals surface area contributed by atoms with Crippen LogP contribution in [0.3, 0.4) is 0 Å². The predicted octanol–water partition coefficient (Wildman–Crippen LogP) is 4.12. The van der Waals surface area contributed by atoms with E-state index in [9.17, 15) is 14.9 Å². The fourth-order valence-electron chi connectivity index (χ4n) is 3.60. The van der Waals surface area contributed by atoms with Crippen LogP contribution < -0.4 is 0 Å². The lowest BCUT2D eigenvalue weighted by Crippen LogP contribution is -2.26. The van der Waals surface area contributed by atoms with Gasteiger partial charge in [0.15, 0.2) is 0 Å². The second-order valence-corrected chi connectivity index (χ2v) is 6.98. The lowest BCUT2D eigenvalue weighted by Gasteiger charge is -2.21. The van der Waals surface area contributed by atoms with E-state index in [2.05, 4.69) is 15.1 Å². The SMILES string of the molecule is O=C(c1ccc([N+](=O)[O-])o1)N1N=C(c2ccccc2)CC1c1ccc2nccnc2c1. The van der Waals surface area contributed by atoms with Crippen molar-refractivity contribution in [2.45, 2.75) is 12.5 Å². The zero-order chi connectivity index (χ0) is 21.4. The average molecular weight is 413 g/mol. The summed E-state index contributed by atoms with van der Waals surface area (Å²) in [5, 5.41) is 16.8. The van der Waals surface area contributed by atoms with Crippen LogP contribution in [0, 0.1) is 10.1 Å². The molecule has 1 amide bonds. The Hall–Kier alpha value is -4.40. The fraction of sp³-hybridized carbons (Fsp3) is 0.0909. The van der Waals surface area contributed by atoms with Crippen LogP contribution in [0.25, 0.3) is 11.0 Å². The van der Waals surface area contributed by atoms with E-state index < -0.39 is 22.8 Å². The molecule has 4 aromatic rings. The number of furan rings is 1. The highest BCUT2D eigenvalue weighted by Crippen LogP contribution is 2.35. The van der Waals surface area contributed by atoms with Crippen LogP contribution in [-0.2, 0) is 0 Å². The van der Waals surface area contributed by atoms with Gasteiger partial charge in [0.25, 0.3) is 0 Å². The molecular weight excluding hydrogens is 398 g/mol. The summed E-state index contributed by atoms with van der Waals surface area (Å²) in [7, 11) is 0. The molecule has 0 radical (unpaired) electrons. The van der Waals surface area contributed by atoms with Gasteiger partial charge >= 0.3 is 11.8 Å². The molecule has 1 atom stereocenters. The summed E-state index contributed by atoms with van der Waals surface area (Å²) in [4.78, 5) is 32.1. The maximum atomic E-state index is 13.2. The Morgan fingerprint density at radius 1 is 1.03 bits per heavy atom. The zero-order valence-corrected chi connectivity index (χ0v) is 16.1. The molecule has 152 valence electrons. The second kappa shape index (κ2) is 7.45. The minimum Gasteiger partial charge on any atom is -0.395 e. The Bertz CT molecular complexity index is 1330. The quantitative estimate of drug-likeness (QED) is 0.367. The topological polar surface area (TPSA) is 115 Å². The molecular formula is C22H15N5O4. The normalized spacial score (nSPS) is 15.8. The Labute approximate surface area is 175 Å². The highest BCUT2D eigenvalue weighted by Gasteiger charge is 2.35. The number of hydrogen-bond acceptors (Lipinski definition) is 7. The lowest BCUT2D eigenvalue weighted by molar-refractivity contribution is -0.402. The van der Waals surface area contributed by atoms with Crippen molar-refractivity contribution in [3.8, 4) is 0 Å². The smallest absolute Gasteiger partial charge is 0.395 e. The number of aromatic nitrogens is 2. The van der Waals surface area contributed by atoms with Crippen LogP contribution in [0.15, 0.2) is 82.6 Å². The fourth-order valence-corrected chi connectivity index (χ4v) is 3.60. The molecule has 3 heterocycles. The first-order valence-electron chi connectivity index (χ1n) is 9.51. The number of fused-ring (bicyclic) bond motifs is 1. The number of benzene rings is 2. The summed E-state index contributed by atoms with van der Waals surface area (Å²) in [5.41, 5.74) is 3.91. The van der Waals surface area contributed by atoms with Crippen molar-refractivity contribution in [2.24, 2.45) is 5.10 Å². The minimum atomic E-state index is -0.682. The Morgan fingerprint density at radius 3 is 2.55 bits per heavy atom. The molecule has 0 N–H and O–H groups in total. The largest absolute Gasteiger partial charge is 0.433 e. The maximum Gasteiger partial charge on any atom is 0.433 e. The van der Waals surface area contributed by atoms with Gasteiger partial charge in [0.1, 0.15) is 4.92 Å². The Kier molecular flexibility index (Phi) is 4.47. The van der Waals surface area contributed by atoms with Gasteiger partial charge in [-0.15, -0.1) is 0 Å². The van der Waals surface area contributed by atoms with Gasteiger partial charge in [0, 0.05) is 18.8 Å². The van der Waals surface area contributed by atoms with Crippen molar-refractivity contribution in [1.82, 2.24) is 15.0 Å². The number of nitro groups is 1. The van der Waals surface area contributed by atoms with Crippen LogP contribution in [0.1, 0.15) is 34.1 Å². The number of nitrogens with zero attached hydrogens (tertiary/aromatic N) is 5. The summed E-state index contributed by atoms with van der Waals surface area (Å²) in [5.74, 6) is -1.19. The number of amides is 1. The van der Waals surface area contributed by atoms with Crippen LogP contribution in [-0.4, -0.2) is 31.5 Å². The molecule has 31 heavy (non-hydrogen) atoms. The first kappa shape index (κ1) is 18.6. The third kappa shape index (κ3) is 3.42. The molecule has 9 nitrogen and oxygen atoms in total.